The Hall–Kier alpha value is -1.08. The van der Waals surface area contributed by atoms with Crippen molar-refractivity contribution in [3.63, 3.8) is 0 Å². The van der Waals surface area contributed by atoms with Gasteiger partial charge in [-0.1, -0.05) is 0 Å². The summed E-state index contributed by atoms with van der Waals surface area (Å²) < 4.78 is 36.6. The summed E-state index contributed by atoms with van der Waals surface area (Å²) in [6, 6.07) is -2.79. The highest BCUT2D eigenvalue weighted by Crippen LogP contribution is 2.36. The van der Waals surface area contributed by atoms with Crippen LogP contribution >= 0.6 is 0 Å². The molecule has 4 fully saturated rings. The molecule has 2 heterocycles. The molecule has 15 heteroatoms. The molecule has 2 saturated heterocycles. The fraction of sp³-hybridized carbons (Fsp3) is 0.962. The van der Waals surface area contributed by atoms with Gasteiger partial charge in [-0.25, -0.2) is 4.39 Å². The Morgan fingerprint density at radius 2 is 1.78 bits per heavy atom. The monoisotopic (exact) mass is 592 g/mol. The minimum atomic E-state index is -1.37. The maximum Gasteiger partial charge on any atom is 0.185 e. The molecule has 4 rings (SSSR count). The van der Waals surface area contributed by atoms with Gasteiger partial charge in [0.15, 0.2) is 12.6 Å². The van der Waals surface area contributed by atoms with E-state index < -0.39 is 79.0 Å². The lowest BCUT2D eigenvalue weighted by Gasteiger charge is -2.48. The van der Waals surface area contributed by atoms with Gasteiger partial charge in [-0.05, 0) is 52.5 Å². The second-order valence-corrected chi connectivity index (χ2v) is 12.1. The molecule has 12 N–H and O–H groups in total. The van der Waals surface area contributed by atoms with Crippen molar-refractivity contribution in [3.8, 4) is 0 Å². The van der Waals surface area contributed by atoms with Crippen molar-refractivity contribution < 1.29 is 43.8 Å². The first-order valence-electron chi connectivity index (χ1n) is 14.6. The van der Waals surface area contributed by atoms with Crippen molar-refractivity contribution in [2.75, 3.05) is 33.4 Å². The number of alkyl halides is 1. The molecule has 4 aliphatic rings. The zero-order valence-corrected chi connectivity index (χ0v) is 23.9. The maximum atomic E-state index is 12.5. The van der Waals surface area contributed by atoms with E-state index in [2.05, 4.69) is 15.6 Å². The Balaban J connectivity index is 1.53. The number of hydrogen-bond donors (Lipinski definition) is 9. The van der Waals surface area contributed by atoms with Crippen LogP contribution in [0.5, 0.6) is 0 Å². The fourth-order valence-corrected chi connectivity index (χ4v) is 6.12. The third kappa shape index (κ3) is 7.36. The number of nitrogens with two attached hydrogens (primary N) is 3. The summed E-state index contributed by atoms with van der Waals surface area (Å²) in [6.45, 7) is 1.54. The predicted octanol–water partition coefficient (Wildman–Crippen LogP) is -3.06. The second-order valence-electron chi connectivity index (χ2n) is 12.1. The minimum absolute atomic E-state index is 0.0310. The van der Waals surface area contributed by atoms with Gasteiger partial charge in [0.05, 0.1) is 30.8 Å². The zero-order chi connectivity index (χ0) is 29.9. The number of ether oxygens (including phenoxy) is 4. The quantitative estimate of drug-likeness (QED) is 0.0659. The zero-order valence-electron chi connectivity index (χ0n) is 23.9. The van der Waals surface area contributed by atoms with Gasteiger partial charge in [-0.15, -0.1) is 0 Å². The summed E-state index contributed by atoms with van der Waals surface area (Å²) in [5.74, 6) is 0.0310. The van der Waals surface area contributed by atoms with Crippen molar-refractivity contribution in [2.24, 2.45) is 22.2 Å². The van der Waals surface area contributed by atoms with E-state index in [1.54, 1.807) is 7.05 Å². The number of nitrogens with one attached hydrogen (secondary N) is 2. The molecule has 12 unspecified atom stereocenters. The number of hydrogen-bond acceptors (Lipinski definition) is 13. The largest absolute Gasteiger partial charge is 0.388 e. The van der Waals surface area contributed by atoms with Crippen LogP contribution in [0, 0.1) is 0 Å². The normalized spacial score (nSPS) is 45.3. The van der Waals surface area contributed by atoms with Gasteiger partial charge in [0, 0.05) is 19.1 Å². The molecule has 2 aliphatic carbocycles. The minimum Gasteiger partial charge on any atom is -0.388 e. The first kappa shape index (κ1) is 32.8. The van der Waals surface area contributed by atoms with E-state index in [-0.39, 0.29) is 31.5 Å². The molecule has 0 aromatic heterocycles. The Morgan fingerprint density at radius 3 is 2.41 bits per heavy atom. The van der Waals surface area contributed by atoms with Crippen LogP contribution in [0.1, 0.15) is 45.4 Å². The summed E-state index contributed by atoms with van der Waals surface area (Å²) in [5, 5.41) is 49.8. The number of aliphatic hydroxyl groups excluding tert-OH is 2. The molecule has 2 saturated carbocycles. The number of halogens is 1. The van der Waals surface area contributed by atoms with Gasteiger partial charge in [-0.3, -0.25) is 4.99 Å². The van der Waals surface area contributed by atoms with Gasteiger partial charge < -0.3 is 67.2 Å². The van der Waals surface area contributed by atoms with Crippen molar-refractivity contribution in [1.29, 1.82) is 0 Å². The molecule has 0 aromatic carbocycles. The molecule has 14 nitrogen and oxygen atoms in total. The highest BCUT2D eigenvalue weighted by molar-refractivity contribution is 5.89. The number of nitrogens with zero attached hydrogens (tertiary/aromatic N) is 1. The molecule has 12 atom stereocenters. The molecular weight excluding hydrogens is 543 g/mol. The van der Waals surface area contributed by atoms with Crippen LogP contribution in [-0.2, 0) is 18.9 Å². The predicted molar refractivity (Wildman–Crippen MR) is 146 cm³/mol. The molecule has 41 heavy (non-hydrogen) atoms. The second kappa shape index (κ2) is 13.7. The smallest absolute Gasteiger partial charge is 0.185 e. The number of rotatable bonds is 11. The number of aliphatic hydroxyl groups is 4. The van der Waals surface area contributed by atoms with E-state index in [0.717, 1.165) is 6.42 Å². The molecule has 0 amide bonds. The summed E-state index contributed by atoms with van der Waals surface area (Å²) in [6.07, 6.45) is -3.94. The SMILES string of the molecule is CNC1C(O)C(OC2C(N=C(N)C3(O)CCC3)CC(N)C(OC3OC(CNCCF)CCC3N)C2O)OCC1(C)O. The van der Waals surface area contributed by atoms with Crippen LogP contribution in [0.15, 0.2) is 4.99 Å². The van der Waals surface area contributed by atoms with Crippen LogP contribution in [-0.4, -0.2) is 138 Å². The molecule has 0 bridgehead atoms. The maximum absolute atomic E-state index is 12.5. The number of amidine groups is 1. The van der Waals surface area contributed by atoms with E-state index in [1.807, 2.05) is 0 Å². The van der Waals surface area contributed by atoms with Gasteiger partial charge in [-0.2, -0.15) is 0 Å². The Labute approximate surface area is 240 Å². The first-order chi connectivity index (χ1) is 19.4. The molecule has 0 spiro atoms. The fourth-order valence-electron chi connectivity index (χ4n) is 6.12. The molecule has 238 valence electrons. The summed E-state index contributed by atoms with van der Waals surface area (Å²) >= 11 is 0. The topological polar surface area (TPSA) is 232 Å². The van der Waals surface area contributed by atoms with Crippen LogP contribution in [0.25, 0.3) is 0 Å². The van der Waals surface area contributed by atoms with E-state index in [1.165, 1.54) is 6.92 Å². The Morgan fingerprint density at radius 1 is 1.07 bits per heavy atom. The average molecular weight is 593 g/mol. The van der Waals surface area contributed by atoms with E-state index >= 15 is 0 Å². The third-order valence-corrected chi connectivity index (χ3v) is 8.82. The van der Waals surface area contributed by atoms with Crippen molar-refractivity contribution in [2.45, 2.75) is 124 Å². The summed E-state index contributed by atoms with van der Waals surface area (Å²) in [7, 11) is 1.60. The van der Waals surface area contributed by atoms with E-state index in [0.29, 0.717) is 32.2 Å². The van der Waals surface area contributed by atoms with E-state index in [9.17, 15) is 24.8 Å². The van der Waals surface area contributed by atoms with Gasteiger partial charge >= 0.3 is 0 Å². The number of likely N-dealkylation sites (N-methyl/N-ethyl adjacent to an activating group) is 1. The van der Waals surface area contributed by atoms with Crippen molar-refractivity contribution >= 4 is 5.84 Å². The third-order valence-electron chi connectivity index (χ3n) is 8.82. The first-order valence-corrected chi connectivity index (χ1v) is 14.6. The van der Waals surface area contributed by atoms with Gasteiger partial charge in [0.2, 0.25) is 0 Å². The van der Waals surface area contributed by atoms with Gasteiger partial charge in [0.1, 0.15) is 48.1 Å². The Kier molecular flexibility index (Phi) is 11.0. The van der Waals surface area contributed by atoms with Crippen molar-refractivity contribution in [1.82, 2.24) is 10.6 Å². The lowest BCUT2D eigenvalue weighted by atomic mass is 9.78. The lowest BCUT2D eigenvalue weighted by Crippen LogP contribution is -2.68. The van der Waals surface area contributed by atoms with E-state index in [4.69, 9.17) is 36.1 Å². The standard InChI is InChI=1S/C26H49FN6O8/c1-25(36)12-38-23(18(35)21(25)31-2)41-20-16(33-24(30)26(37)6-3-7-26)10-15(29)19(17(20)34)40-22-14(28)5-4-13(39-22)11-32-9-8-27/h13-23,31-32,34-37H,3-12,28-29H2,1-2H3,(H2,30,33). The highest BCUT2D eigenvalue weighted by atomic mass is 19.1. The van der Waals surface area contributed by atoms with Crippen molar-refractivity contribution in [3.05, 3.63) is 0 Å². The van der Waals surface area contributed by atoms with Crippen LogP contribution in [0.2, 0.25) is 0 Å². The number of aliphatic imine (C=N–C) groups is 1. The van der Waals surface area contributed by atoms with Gasteiger partial charge in [0.25, 0.3) is 0 Å². The molecule has 2 aliphatic heterocycles. The summed E-state index contributed by atoms with van der Waals surface area (Å²) in [4.78, 5) is 4.55. The molecule has 0 aromatic rings. The molecular formula is C26H49FN6O8. The van der Waals surface area contributed by atoms with Crippen LogP contribution < -0.4 is 27.8 Å². The average Bonchev–Trinajstić information content (AvgIpc) is 2.90. The highest BCUT2D eigenvalue weighted by Gasteiger charge is 2.52. The Bertz CT molecular complexity index is 885. The molecule has 0 radical (unpaired) electrons. The lowest BCUT2D eigenvalue weighted by molar-refractivity contribution is -0.306. The van der Waals surface area contributed by atoms with Crippen LogP contribution in [0.4, 0.5) is 4.39 Å². The summed E-state index contributed by atoms with van der Waals surface area (Å²) in [5.41, 5.74) is 16.4. The van der Waals surface area contributed by atoms with Crippen LogP contribution in [0.3, 0.4) is 0 Å².